The van der Waals surface area contributed by atoms with Crippen molar-refractivity contribution in [2.75, 3.05) is 33.7 Å². The van der Waals surface area contributed by atoms with E-state index in [-0.39, 0.29) is 24.4 Å². The number of nitrogens with zero attached hydrogens (tertiary/aromatic N) is 2. The van der Waals surface area contributed by atoms with Gasteiger partial charge in [0.05, 0.1) is 5.92 Å². The first-order chi connectivity index (χ1) is 9.81. The van der Waals surface area contributed by atoms with E-state index in [4.69, 9.17) is 5.11 Å². The summed E-state index contributed by atoms with van der Waals surface area (Å²) in [6.07, 6.45) is 1.58. The van der Waals surface area contributed by atoms with Gasteiger partial charge in [-0.3, -0.25) is 9.59 Å². The molecule has 0 radical (unpaired) electrons. The molecule has 0 spiro atoms. The van der Waals surface area contributed by atoms with Gasteiger partial charge < -0.3 is 20.2 Å². The monoisotopic (exact) mass is 299 g/mol. The van der Waals surface area contributed by atoms with Crippen molar-refractivity contribution in [1.82, 2.24) is 15.1 Å². The van der Waals surface area contributed by atoms with Gasteiger partial charge in [-0.25, -0.2) is 4.79 Å². The molecule has 0 aromatic rings. The SMILES string of the molecule is CC1CC(C(=O)O)CN(C(=O)NCCCC(=O)N(C)C)C1. The minimum atomic E-state index is -0.851. The highest BCUT2D eigenvalue weighted by atomic mass is 16.4. The number of piperidine rings is 1. The third kappa shape index (κ3) is 5.61. The lowest BCUT2D eigenvalue weighted by molar-refractivity contribution is -0.143. The molecular weight excluding hydrogens is 274 g/mol. The number of hydrogen-bond acceptors (Lipinski definition) is 3. The summed E-state index contributed by atoms with van der Waals surface area (Å²) >= 11 is 0. The molecule has 0 saturated carbocycles. The largest absolute Gasteiger partial charge is 0.481 e. The molecule has 2 N–H and O–H groups in total. The first kappa shape index (κ1) is 17.3. The number of amides is 3. The Labute approximate surface area is 125 Å². The van der Waals surface area contributed by atoms with Crippen LogP contribution in [0.4, 0.5) is 4.79 Å². The highest BCUT2D eigenvalue weighted by molar-refractivity contribution is 5.77. The number of nitrogens with one attached hydrogen (secondary N) is 1. The van der Waals surface area contributed by atoms with Crippen LogP contribution in [-0.4, -0.2) is 66.5 Å². The molecule has 7 heteroatoms. The summed E-state index contributed by atoms with van der Waals surface area (Å²) in [5.74, 6) is -1.13. The molecule has 1 rings (SSSR count). The van der Waals surface area contributed by atoms with Gasteiger partial charge in [-0.1, -0.05) is 6.92 Å². The van der Waals surface area contributed by atoms with Gasteiger partial charge in [0.15, 0.2) is 0 Å². The lowest BCUT2D eigenvalue weighted by Gasteiger charge is -2.34. The zero-order valence-corrected chi connectivity index (χ0v) is 13.0. The Morgan fingerprint density at radius 2 is 1.95 bits per heavy atom. The fourth-order valence-electron chi connectivity index (χ4n) is 2.47. The number of aliphatic carboxylic acids is 1. The van der Waals surface area contributed by atoms with Gasteiger partial charge in [0.2, 0.25) is 5.91 Å². The quantitative estimate of drug-likeness (QED) is 0.728. The van der Waals surface area contributed by atoms with Gasteiger partial charge in [0.25, 0.3) is 0 Å². The summed E-state index contributed by atoms with van der Waals surface area (Å²) in [4.78, 5) is 37.5. The van der Waals surface area contributed by atoms with E-state index < -0.39 is 11.9 Å². The van der Waals surface area contributed by atoms with E-state index in [2.05, 4.69) is 5.32 Å². The van der Waals surface area contributed by atoms with E-state index in [0.29, 0.717) is 32.4 Å². The van der Waals surface area contributed by atoms with E-state index in [9.17, 15) is 14.4 Å². The Morgan fingerprint density at radius 1 is 1.29 bits per heavy atom. The molecule has 120 valence electrons. The predicted octanol–water partition coefficient (Wildman–Crippen LogP) is 0.607. The maximum atomic E-state index is 12.0. The second kappa shape index (κ2) is 7.85. The first-order valence-corrected chi connectivity index (χ1v) is 7.27. The molecule has 2 atom stereocenters. The third-order valence-electron chi connectivity index (χ3n) is 3.64. The second-order valence-electron chi connectivity index (χ2n) is 5.90. The minimum Gasteiger partial charge on any atom is -0.481 e. The zero-order valence-electron chi connectivity index (χ0n) is 13.0. The number of likely N-dealkylation sites (tertiary alicyclic amines) is 1. The smallest absolute Gasteiger partial charge is 0.317 e. The van der Waals surface area contributed by atoms with Gasteiger partial charge in [0.1, 0.15) is 0 Å². The third-order valence-corrected chi connectivity index (χ3v) is 3.64. The summed E-state index contributed by atoms with van der Waals surface area (Å²) in [5, 5.41) is 11.8. The maximum Gasteiger partial charge on any atom is 0.317 e. The maximum absolute atomic E-state index is 12.0. The Balaban J connectivity index is 2.34. The van der Waals surface area contributed by atoms with E-state index in [1.807, 2.05) is 6.92 Å². The van der Waals surface area contributed by atoms with E-state index in [0.717, 1.165) is 0 Å². The molecule has 1 saturated heterocycles. The number of hydrogen-bond donors (Lipinski definition) is 2. The second-order valence-corrected chi connectivity index (χ2v) is 5.90. The van der Waals surface area contributed by atoms with Crippen molar-refractivity contribution >= 4 is 17.9 Å². The number of carboxylic acid groups (broad SMARTS) is 1. The van der Waals surface area contributed by atoms with Crippen molar-refractivity contribution in [2.45, 2.75) is 26.2 Å². The highest BCUT2D eigenvalue weighted by Crippen LogP contribution is 2.21. The van der Waals surface area contributed by atoms with Crippen LogP contribution >= 0.6 is 0 Å². The number of carbonyl (C=O) groups is 3. The Bertz CT molecular complexity index is 398. The van der Waals surface area contributed by atoms with Crippen molar-refractivity contribution in [1.29, 1.82) is 0 Å². The van der Waals surface area contributed by atoms with Crippen LogP contribution in [0.2, 0.25) is 0 Å². The lowest BCUT2D eigenvalue weighted by atomic mass is 9.91. The molecule has 0 aliphatic carbocycles. The molecule has 1 aliphatic heterocycles. The molecule has 0 aromatic carbocycles. The van der Waals surface area contributed by atoms with Gasteiger partial charge >= 0.3 is 12.0 Å². The average molecular weight is 299 g/mol. The number of carbonyl (C=O) groups excluding carboxylic acids is 2. The predicted molar refractivity (Wildman–Crippen MR) is 77.8 cm³/mol. The van der Waals surface area contributed by atoms with Crippen LogP contribution in [-0.2, 0) is 9.59 Å². The van der Waals surface area contributed by atoms with Gasteiger partial charge in [-0.05, 0) is 18.8 Å². The molecule has 1 aliphatic rings. The fourth-order valence-corrected chi connectivity index (χ4v) is 2.47. The van der Waals surface area contributed by atoms with Crippen LogP contribution in [0.1, 0.15) is 26.2 Å². The number of rotatable bonds is 5. The average Bonchev–Trinajstić information content (AvgIpc) is 2.42. The van der Waals surface area contributed by atoms with E-state index in [1.165, 1.54) is 4.90 Å². The fraction of sp³-hybridized carbons (Fsp3) is 0.786. The summed E-state index contributed by atoms with van der Waals surface area (Å²) < 4.78 is 0. The van der Waals surface area contributed by atoms with Gasteiger partial charge in [0, 0.05) is 40.2 Å². The summed E-state index contributed by atoms with van der Waals surface area (Å²) in [6.45, 7) is 3.19. The molecule has 0 bridgehead atoms. The van der Waals surface area contributed by atoms with E-state index in [1.54, 1.807) is 19.0 Å². The van der Waals surface area contributed by atoms with Crippen LogP contribution in [0.15, 0.2) is 0 Å². The van der Waals surface area contributed by atoms with Gasteiger partial charge in [-0.15, -0.1) is 0 Å². The van der Waals surface area contributed by atoms with Crippen LogP contribution in [0.5, 0.6) is 0 Å². The van der Waals surface area contributed by atoms with E-state index >= 15 is 0 Å². The Hall–Kier alpha value is -1.79. The van der Waals surface area contributed by atoms with Gasteiger partial charge in [-0.2, -0.15) is 0 Å². The summed E-state index contributed by atoms with van der Waals surface area (Å²) in [7, 11) is 3.39. The summed E-state index contributed by atoms with van der Waals surface area (Å²) in [5.41, 5.74) is 0. The zero-order chi connectivity index (χ0) is 16.0. The summed E-state index contributed by atoms with van der Waals surface area (Å²) in [6, 6.07) is -0.245. The Kier molecular flexibility index (Phi) is 6.45. The molecule has 0 aromatic heterocycles. The topological polar surface area (TPSA) is 90.0 Å². The van der Waals surface area contributed by atoms with Crippen molar-refractivity contribution < 1.29 is 19.5 Å². The lowest BCUT2D eigenvalue weighted by Crippen LogP contribution is -2.49. The number of urea groups is 1. The van der Waals surface area contributed by atoms with Crippen LogP contribution in [0.25, 0.3) is 0 Å². The molecule has 2 unspecified atom stereocenters. The van der Waals surface area contributed by atoms with Crippen LogP contribution in [0.3, 0.4) is 0 Å². The van der Waals surface area contributed by atoms with Crippen molar-refractivity contribution in [3.63, 3.8) is 0 Å². The molecular formula is C14H25N3O4. The van der Waals surface area contributed by atoms with Crippen molar-refractivity contribution in [2.24, 2.45) is 11.8 Å². The molecule has 21 heavy (non-hydrogen) atoms. The van der Waals surface area contributed by atoms with Crippen LogP contribution < -0.4 is 5.32 Å². The standard InChI is InChI=1S/C14H25N3O4/c1-10-7-11(13(19)20)9-17(8-10)14(21)15-6-4-5-12(18)16(2)3/h10-11H,4-9H2,1-3H3,(H,15,21)(H,19,20). The highest BCUT2D eigenvalue weighted by Gasteiger charge is 2.31. The molecule has 1 heterocycles. The first-order valence-electron chi connectivity index (χ1n) is 7.27. The molecule has 1 fully saturated rings. The van der Waals surface area contributed by atoms with Crippen LogP contribution in [0, 0.1) is 11.8 Å². The normalized spacial score (nSPS) is 21.8. The van der Waals surface area contributed by atoms with Crippen molar-refractivity contribution in [3.05, 3.63) is 0 Å². The van der Waals surface area contributed by atoms with Crippen molar-refractivity contribution in [3.8, 4) is 0 Å². The minimum absolute atomic E-state index is 0.0294. The Morgan fingerprint density at radius 3 is 2.52 bits per heavy atom. The molecule has 3 amide bonds. The molecule has 7 nitrogen and oxygen atoms in total. The number of carboxylic acids is 1.